The highest BCUT2D eigenvalue weighted by atomic mass is 16.5. The highest BCUT2D eigenvalue weighted by Gasteiger charge is 2.22. The number of carbonyl (C=O) groups is 3. The number of carbonyl (C=O) groups excluding carboxylic acids is 3. The first kappa shape index (κ1) is 58.8. The van der Waals surface area contributed by atoms with Crippen molar-refractivity contribution in [2.45, 2.75) is 278 Å². The molecule has 2 rings (SSSR count). The molecule has 1 unspecified atom stereocenters. The van der Waals surface area contributed by atoms with E-state index in [-0.39, 0.29) is 23.8 Å². The summed E-state index contributed by atoms with van der Waals surface area (Å²) in [5, 5.41) is 0. The Labute approximate surface area is 388 Å². The van der Waals surface area contributed by atoms with Gasteiger partial charge in [-0.3, -0.25) is 9.59 Å². The van der Waals surface area contributed by atoms with Crippen LogP contribution in [0.3, 0.4) is 0 Å². The molecule has 0 bridgehead atoms. The molecule has 1 aliphatic rings. The second-order valence-corrected chi connectivity index (χ2v) is 18.8. The van der Waals surface area contributed by atoms with Crippen LogP contribution in [0.2, 0.25) is 0 Å². The number of ketones is 1. The van der Waals surface area contributed by atoms with Gasteiger partial charge in [0.05, 0.1) is 19.0 Å². The van der Waals surface area contributed by atoms with Crippen LogP contribution in [-0.4, -0.2) is 77.2 Å². The van der Waals surface area contributed by atoms with Crippen LogP contribution in [0, 0.1) is 0 Å². The Morgan fingerprint density at radius 1 is 0.571 bits per heavy atom. The minimum atomic E-state index is -0.0140. The molecular formula is C54H101N3O6. The number of unbranched alkanes of at least 4 members (excludes halogenated alkanes) is 24. The van der Waals surface area contributed by atoms with Crippen molar-refractivity contribution in [2.24, 2.45) is 0 Å². The number of hydrogen-bond donors (Lipinski definition) is 0. The molecule has 368 valence electrons. The molecule has 1 atom stereocenters. The molecule has 1 saturated heterocycles. The van der Waals surface area contributed by atoms with Crippen molar-refractivity contribution >= 4 is 17.7 Å². The molecule has 1 fully saturated rings. The number of rotatable bonds is 44. The molecule has 0 N–H and O–H groups in total. The number of ether oxygens (including phenoxy) is 3. The molecule has 0 spiro atoms. The van der Waals surface area contributed by atoms with Crippen molar-refractivity contribution in [2.75, 3.05) is 32.8 Å². The Bertz CT molecular complexity index is 1130. The van der Waals surface area contributed by atoms with E-state index in [4.69, 9.17) is 14.2 Å². The molecule has 0 aliphatic carbocycles. The van der Waals surface area contributed by atoms with Gasteiger partial charge in [-0.1, -0.05) is 162 Å². The third-order valence-electron chi connectivity index (χ3n) is 12.5. The normalized spacial score (nSPS) is 14.0. The minimum absolute atomic E-state index is 0.000650. The van der Waals surface area contributed by atoms with Crippen LogP contribution in [0.1, 0.15) is 259 Å². The van der Waals surface area contributed by atoms with Crippen LogP contribution in [0.15, 0.2) is 18.7 Å². The number of nitrogens with zero attached hydrogens (tertiary/aromatic N) is 3. The van der Waals surface area contributed by atoms with Crippen LogP contribution < -0.4 is 0 Å². The van der Waals surface area contributed by atoms with Crippen LogP contribution in [0.25, 0.3) is 0 Å². The van der Waals surface area contributed by atoms with E-state index in [1.165, 1.54) is 128 Å². The molecule has 0 radical (unpaired) electrons. The van der Waals surface area contributed by atoms with Crippen molar-refractivity contribution in [1.82, 2.24) is 14.5 Å². The lowest BCUT2D eigenvalue weighted by Crippen LogP contribution is -2.24. The van der Waals surface area contributed by atoms with Crippen LogP contribution in [0.5, 0.6) is 0 Å². The summed E-state index contributed by atoms with van der Waals surface area (Å²) in [7, 11) is 0. The topological polar surface area (TPSA) is 100.0 Å². The zero-order valence-corrected chi connectivity index (χ0v) is 41.9. The van der Waals surface area contributed by atoms with Gasteiger partial charge in [-0.05, 0) is 84.1 Å². The average molecular weight is 888 g/mol. The van der Waals surface area contributed by atoms with Crippen LogP contribution >= 0.6 is 0 Å². The Hall–Kier alpha value is -2.26. The maximum absolute atomic E-state index is 12.3. The number of aromatic nitrogens is 2. The lowest BCUT2D eigenvalue weighted by atomic mass is 10.0. The number of Topliss-reactive ketones (excluding diaryl/α,β-unsaturated/α-hetero) is 1. The quantitative estimate of drug-likeness (QED) is 0.0472. The standard InChI is InChI=1S/C27H49N3O3.C27H52O3/c1-2-3-4-5-6-7-8-9-13-22-33-27(31)15-11-10-12-18-29-20-16-26(24-29)32-23-14-19-30-21-17-28-25-30;1-4-6-8-10-14-18-22-26(23-19-15-11-9-7-5-2)30-27(29)24-20-16-12-13-17-21-25(3)28/h17,21,25-26H,2-16,18-20,22-24H2,1H3;26H,4-24H2,1-3H3. The van der Waals surface area contributed by atoms with E-state index in [9.17, 15) is 14.4 Å². The fraction of sp³-hybridized carbons (Fsp3) is 0.889. The molecule has 0 aromatic carbocycles. The molecule has 2 heterocycles. The van der Waals surface area contributed by atoms with Crippen molar-refractivity contribution < 1.29 is 28.6 Å². The first-order valence-corrected chi connectivity index (χ1v) is 27.0. The molecule has 9 nitrogen and oxygen atoms in total. The predicted molar refractivity (Wildman–Crippen MR) is 263 cm³/mol. The molecule has 1 aromatic heterocycles. The Morgan fingerprint density at radius 3 is 1.63 bits per heavy atom. The Balaban J connectivity index is 0.000000634. The monoisotopic (exact) mass is 888 g/mol. The smallest absolute Gasteiger partial charge is 0.306 e. The summed E-state index contributed by atoms with van der Waals surface area (Å²) in [6.45, 7) is 14.1. The molecule has 1 aliphatic heterocycles. The van der Waals surface area contributed by atoms with E-state index in [0.717, 1.165) is 116 Å². The number of esters is 2. The van der Waals surface area contributed by atoms with Crippen molar-refractivity contribution in [1.29, 1.82) is 0 Å². The summed E-state index contributed by atoms with van der Waals surface area (Å²) >= 11 is 0. The lowest BCUT2D eigenvalue weighted by Gasteiger charge is -2.18. The second kappa shape index (κ2) is 44.9. The highest BCUT2D eigenvalue weighted by molar-refractivity contribution is 5.75. The fourth-order valence-corrected chi connectivity index (χ4v) is 8.49. The molecule has 0 amide bonds. The highest BCUT2D eigenvalue weighted by Crippen LogP contribution is 2.19. The fourth-order valence-electron chi connectivity index (χ4n) is 8.49. The van der Waals surface area contributed by atoms with E-state index in [2.05, 4.69) is 35.2 Å². The molecule has 0 saturated carbocycles. The summed E-state index contributed by atoms with van der Waals surface area (Å²) in [6, 6.07) is 0. The van der Waals surface area contributed by atoms with E-state index < -0.39 is 0 Å². The number of aryl methyl sites for hydroxylation is 1. The first-order valence-electron chi connectivity index (χ1n) is 27.0. The Morgan fingerprint density at radius 2 is 1.08 bits per heavy atom. The average Bonchev–Trinajstić information content (AvgIpc) is 3.97. The van der Waals surface area contributed by atoms with Gasteiger partial charge in [0.2, 0.25) is 0 Å². The third-order valence-corrected chi connectivity index (χ3v) is 12.5. The summed E-state index contributed by atoms with van der Waals surface area (Å²) < 4.78 is 19.4. The number of likely N-dealkylation sites (tertiary alicyclic amines) is 1. The summed E-state index contributed by atoms with van der Waals surface area (Å²) in [5.41, 5.74) is 0. The van der Waals surface area contributed by atoms with Gasteiger partial charge in [0, 0.05) is 57.9 Å². The zero-order chi connectivity index (χ0) is 45.7. The Kier molecular flexibility index (Phi) is 41.9. The van der Waals surface area contributed by atoms with Gasteiger partial charge in [-0.25, -0.2) is 4.98 Å². The van der Waals surface area contributed by atoms with E-state index in [0.29, 0.717) is 32.0 Å². The van der Waals surface area contributed by atoms with Gasteiger partial charge >= 0.3 is 11.9 Å². The minimum Gasteiger partial charge on any atom is -0.466 e. The summed E-state index contributed by atoms with van der Waals surface area (Å²) in [6.07, 6.45) is 47.7. The van der Waals surface area contributed by atoms with E-state index in [1.807, 2.05) is 18.7 Å². The first-order chi connectivity index (χ1) is 30.9. The van der Waals surface area contributed by atoms with Crippen LogP contribution in [0.4, 0.5) is 0 Å². The van der Waals surface area contributed by atoms with Crippen molar-refractivity contribution in [3.63, 3.8) is 0 Å². The molecule has 1 aromatic rings. The molecular weight excluding hydrogens is 787 g/mol. The maximum atomic E-state index is 12.3. The largest absolute Gasteiger partial charge is 0.466 e. The SMILES string of the molecule is CCCCCCCCC(CCCCCCCC)OC(=O)CCCCCCCC(C)=O.CCCCCCCCCCCOC(=O)CCCCCN1CCC(OCCCn2ccnc2)C1. The molecule has 63 heavy (non-hydrogen) atoms. The molecule has 9 heteroatoms. The third kappa shape index (κ3) is 39.8. The van der Waals surface area contributed by atoms with Gasteiger partial charge in [0.1, 0.15) is 11.9 Å². The van der Waals surface area contributed by atoms with Gasteiger partial charge in [-0.15, -0.1) is 0 Å². The van der Waals surface area contributed by atoms with E-state index in [1.54, 1.807) is 6.92 Å². The van der Waals surface area contributed by atoms with Crippen LogP contribution in [-0.2, 0) is 35.1 Å². The second-order valence-electron chi connectivity index (χ2n) is 18.8. The zero-order valence-electron chi connectivity index (χ0n) is 41.9. The maximum Gasteiger partial charge on any atom is 0.306 e. The summed E-state index contributed by atoms with van der Waals surface area (Å²) in [4.78, 5) is 41.7. The summed E-state index contributed by atoms with van der Waals surface area (Å²) in [5.74, 6) is 0.265. The van der Waals surface area contributed by atoms with Gasteiger partial charge in [-0.2, -0.15) is 0 Å². The van der Waals surface area contributed by atoms with Gasteiger partial charge in [0.15, 0.2) is 0 Å². The van der Waals surface area contributed by atoms with E-state index >= 15 is 0 Å². The van der Waals surface area contributed by atoms with Crippen molar-refractivity contribution in [3.8, 4) is 0 Å². The number of hydrogen-bond acceptors (Lipinski definition) is 8. The van der Waals surface area contributed by atoms with Gasteiger partial charge < -0.3 is 28.5 Å². The lowest BCUT2D eigenvalue weighted by molar-refractivity contribution is -0.150. The van der Waals surface area contributed by atoms with Gasteiger partial charge in [0.25, 0.3) is 0 Å². The van der Waals surface area contributed by atoms with Crippen molar-refractivity contribution in [3.05, 3.63) is 18.7 Å². The predicted octanol–water partition coefficient (Wildman–Crippen LogP) is 14.7. The number of imidazole rings is 1.